The van der Waals surface area contributed by atoms with Crippen molar-refractivity contribution in [1.29, 1.82) is 0 Å². The molecule has 1 aromatic heterocycles. The molecule has 2 aliphatic heterocycles. The van der Waals surface area contributed by atoms with Gasteiger partial charge in [-0.15, -0.1) is 11.3 Å². The van der Waals surface area contributed by atoms with E-state index in [0.29, 0.717) is 25.1 Å². The van der Waals surface area contributed by atoms with Crippen molar-refractivity contribution in [3.8, 4) is 0 Å². The summed E-state index contributed by atoms with van der Waals surface area (Å²) in [6.45, 7) is 1.20. The summed E-state index contributed by atoms with van der Waals surface area (Å²) in [7, 11) is 0. The van der Waals surface area contributed by atoms with Gasteiger partial charge in [0.1, 0.15) is 5.71 Å². The maximum absolute atomic E-state index is 12.6. The van der Waals surface area contributed by atoms with Crippen LogP contribution in [0.1, 0.15) is 24.1 Å². The van der Waals surface area contributed by atoms with Gasteiger partial charge in [-0.1, -0.05) is 29.4 Å². The van der Waals surface area contributed by atoms with Crippen molar-refractivity contribution in [2.24, 2.45) is 5.16 Å². The molecular weight excluding hydrogens is 362 g/mol. The van der Waals surface area contributed by atoms with E-state index in [1.807, 2.05) is 52.7 Å². The van der Waals surface area contributed by atoms with Crippen LogP contribution in [0.2, 0.25) is 0 Å². The first-order chi connectivity index (χ1) is 13.1. The molecule has 0 radical (unpaired) electrons. The summed E-state index contributed by atoms with van der Waals surface area (Å²) in [4.78, 5) is 33.7. The molecule has 1 fully saturated rings. The smallest absolute Gasteiger partial charge is 0.273 e. The van der Waals surface area contributed by atoms with E-state index in [1.54, 1.807) is 11.3 Å². The molecule has 2 aromatic rings. The van der Waals surface area contributed by atoms with E-state index >= 15 is 0 Å². The van der Waals surface area contributed by atoms with Crippen LogP contribution in [0, 0.1) is 0 Å². The molecule has 1 N–H and O–H groups in total. The summed E-state index contributed by atoms with van der Waals surface area (Å²) >= 11 is 1.59. The molecule has 1 aromatic carbocycles. The predicted molar refractivity (Wildman–Crippen MR) is 105 cm³/mol. The van der Waals surface area contributed by atoms with Crippen molar-refractivity contribution in [2.75, 3.05) is 18.4 Å². The van der Waals surface area contributed by atoms with Gasteiger partial charge < -0.3 is 15.1 Å². The number of carbonyl (C=O) groups is 2. The van der Waals surface area contributed by atoms with Gasteiger partial charge in [-0.3, -0.25) is 9.59 Å². The van der Waals surface area contributed by atoms with E-state index in [9.17, 15) is 9.59 Å². The Kier molecular flexibility index (Phi) is 4.94. The highest BCUT2D eigenvalue weighted by molar-refractivity contribution is 7.10. The third-order valence-corrected chi connectivity index (χ3v) is 5.81. The van der Waals surface area contributed by atoms with Crippen molar-refractivity contribution in [3.05, 3.63) is 52.7 Å². The molecule has 140 valence electrons. The number of hydrogen-bond donors (Lipinski definition) is 1. The van der Waals surface area contributed by atoms with E-state index in [1.165, 1.54) is 0 Å². The molecule has 6 nitrogen and oxygen atoms in total. The van der Waals surface area contributed by atoms with Crippen molar-refractivity contribution in [3.63, 3.8) is 0 Å². The molecule has 0 unspecified atom stereocenters. The van der Waals surface area contributed by atoms with Crippen molar-refractivity contribution in [1.82, 2.24) is 4.90 Å². The molecular formula is C20H21N3O3S. The highest BCUT2D eigenvalue weighted by atomic mass is 32.1. The first-order valence-corrected chi connectivity index (χ1v) is 9.93. The summed E-state index contributed by atoms with van der Waals surface area (Å²) in [5.41, 5.74) is 0.529. The van der Waals surface area contributed by atoms with Gasteiger partial charge in [0.2, 0.25) is 5.91 Å². The Balaban J connectivity index is 1.37. The summed E-state index contributed by atoms with van der Waals surface area (Å²) in [5, 5.41) is 8.87. The van der Waals surface area contributed by atoms with Gasteiger partial charge in [0, 0.05) is 23.5 Å². The van der Waals surface area contributed by atoms with Gasteiger partial charge >= 0.3 is 0 Å². The summed E-state index contributed by atoms with van der Waals surface area (Å²) in [6, 6.07) is 13.2. The zero-order valence-corrected chi connectivity index (χ0v) is 15.7. The van der Waals surface area contributed by atoms with Gasteiger partial charge in [-0.2, -0.15) is 0 Å². The topological polar surface area (TPSA) is 71.0 Å². The lowest BCUT2D eigenvalue weighted by Crippen LogP contribution is -2.51. The number of thiophene rings is 1. The Bertz CT molecular complexity index is 851. The largest absolute Gasteiger partial charge is 0.386 e. The van der Waals surface area contributed by atoms with Crippen LogP contribution in [0.5, 0.6) is 0 Å². The van der Waals surface area contributed by atoms with Crippen LogP contribution in [-0.4, -0.2) is 41.1 Å². The highest BCUT2D eigenvalue weighted by Crippen LogP contribution is 2.34. The number of anilines is 1. The number of rotatable bonds is 4. The SMILES string of the molecule is O=C(Nc1ccccc1)C1=NO[C@]2(CCCN(C(=O)Cc3cccs3)C2)C1. The Labute approximate surface area is 161 Å². The van der Waals surface area contributed by atoms with E-state index < -0.39 is 5.60 Å². The van der Waals surface area contributed by atoms with E-state index in [2.05, 4.69) is 10.5 Å². The van der Waals surface area contributed by atoms with E-state index in [0.717, 1.165) is 30.0 Å². The van der Waals surface area contributed by atoms with Crippen molar-refractivity contribution >= 4 is 34.6 Å². The number of nitrogens with zero attached hydrogens (tertiary/aromatic N) is 2. The van der Waals surface area contributed by atoms with Crippen LogP contribution < -0.4 is 5.32 Å². The van der Waals surface area contributed by atoms with Crippen molar-refractivity contribution < 1.29 is 14.4 Å². The van der Waals surface area contributed by atoms with Crippen LogP contribution in [0.4, 0.5) is 5.69 Å². The monoisotopic (exact) mass is 383 g/mol. The molecule has 0 saturated carbocycles. The molecule has 1 spiro atoms. The van der Waals surface area contributed by atoms with Crippen LogP contribution in [0.25, 0.3) is 0 Å². The second-order valence-corrected chi connectivity index (χ2v) is 8.02. The number of para-hydroxylation sites is 1. The van der Waals surface area contributed by atoms with Crippen molar-refractivity contribution in [2.45, 2.75) is 31.3 Å². The second kappa shape index (κ2) is 7.52. The summed E-state index contributed by atoms with van der Waals surface area (Å²) in [5.74, 6) is -0.151. The zero-order chi connectivity index (χ0) is 18.7. The molecule has 0 aliphatic carbocycles. The van der Waals surface area contributed by atoms with Gasteiger partial charge in [0.15, 0.2) is 5.60 Å². The standard InChI is InChI=1S/C20H21N3O3S/c24-18(12-16-8-4-11-27-16)23-10-5-9-20(14-23)13-17(22-26-20)19(25)21-15-6-2-1-3-7-15/h1-4,6-8,11H,5,9-10,12-14H2,(H,21,25)/t20-/m1/s1. The molecule has 3 heterocycles. The fourth-order valence-corrected chi connectivity index (χ4v) is 4.27. The highest BCUT2D eigenvalue weighted by Gasteiger charge is 2.45. The summed E-state index contributed by atoms with van der Waals surface area (Å²) < 4.78 is 0. The number of likely N-dealkylation sites (tertiary alicyclic amines) is 1. The van der Waals surface area contributed by atoms with Gasteiger partial charge in [0.25, 0.3) is 5.91 Å². The lowest BCUT2D eigenvalue weighted by Gasteiger charge is -2.38. The third-order valence-electron chi connectivity index (χ3n) is 4.93. The van der Waals surface area contributed by atoms with E-state index in [4.69, 9.17) is 4.84 Å². The molecule has 1 saturated heterocycles. The first kappa shape index (κ1) is 17.7. The summed E-state index contributed by atoms with van der Waals surface area (Å²) in [6.07, 6.45) is 2.48. The lowest BCUT2D eigenvalue weighted by atomic mass is 9.88. The Morgan fingerprint density at radius 3 is 2.85 bits per heavy atom. The minimum Gasteiger partial charge on any atom is -0.386 e. The number of hydrogen-bond acceptors (Lipinski definition) is 5. The third kappa shape index (κ3) is 4.03. The second-order valence-electron chi connectivity index (χ2n) is 6.98. The maximum Gasteiger partial charge on any atom is 0.273 e. The van der Waals surface area contributed by atoms with Crippen LogP contribution in [0.15, 0.2) is 53.0 Å². The molecule has 27 heavy (non-hydrogen) atoms. The molecule has 2 aliphatic rings. The minimum atomic E-state index is -0.577. The average Bonchev–Trinajstić information content (AvgIpc) is 3.33. The quantitative estimate of drug-likeness (QED) is 0.882. The van der Waals surface area contributed by atoms with Crippen LogP contribution >= 0.6 is 11.3 Å². The Morgan fingerprint density at radius 1 is 1.22 bits per heavy atom. The molecule has 0 bridgehead atoms. The number of oxime groups is 1. The lowest BCUT2D eigenvalue weighted by molar-refractivity contribution is -0.139. The fraction of sp³-hybridized carbons (Fsp3) is 0.350. The minimum absolute atomic E-state index is 0.0994. The van der Waals surface area contributed by atoms with Gasteiger partial charge in [-0.25, -0.2) is 0 Å². The number of nitrogens with one attached hydrogen (secondary N) is 1. The van der Waals surface area contributed by atoms with E-state index in [-0.39, 0.29) is 11.8 Å². The number of amides is 2. The molecule has 4 rings (SSSR count). The Morgan fingerprint density at radius 2 is 2.07 bits per heavy atom. The van der Waals surface area contributed by atoms with Gasteiger partial charge in [0.05, 0.1) is 13.0 Å². The zero-order valence-electron chi connectivity index (χ0n) is 14.9. The predicted octanol–water partition coefficient (Wildman–Crippen LogP) is 3.07. The van der Waals surface area contributed by atoms with Crippen LogP contribution in [0.3, 0.4) is 0 Å². The molecule has 7 heteroatoms. The first-order valence-electron chi connectivity index (χ1n) is 9.05. The number of carbonyl (C=O) groups excluding carboxylic acids is 2. The number of piperidine rings is 1. The normalized spacial score (nSPS) is 21.6. The number of benzene rings is 1. The average molecular weight is 383 g/mol. The Hall–Kier alpha value is -2.67. The fourth-order valence-electron chi connectivity index (χ4n) is 3.57. The van der Waals surface area contributed by atoms with Crippen LogP contribution in [-0.2, 0) is 20.8 Å². The maximum atomic E-state index is 12.6. The molecule has 2 amide bonds. The molecule has 1 atom stereocenters. The van der Waals surface area contributed by atoms with Gasteiger partial charge in [-0.05, 0) is 36.4 Å².